The van der Waals surface area contributed by atoms with Crippen molar-refractivity contribution in [3.05, 3.63) is 71.8 Å². The number of carbonyl (C=O) groups excluding carboxylic acids is 1. The molecule has 0 aliphatic carbocycles. The van der Waals surface area contributed by atoms with Crippen molar-refractivity contribution < 1.29 is 19.0 Å². The van der Waals surface area contributed by atoms with Crippen molar-refractivity contribution >= 4 is 28.1 Å². The molecule has 3 aromatic rings. The summed E-state index contributed by atoms with van der Waals surface area (Å²) in [7, 11) is 0. The fourth-order valence-electron chi connectivity index (χ4n) is 6.07. The summed E-state index contributed by atoms with van der Waals surface area (Å²) < 4.78 is 21.1. The molecule has 4 atom stereocenters. The van der Waals surface area contributed by atoms with E-state index in [1.54, 1.807) is 18.7 Å². The van der Waals surface area contributed by atoms with Gasteiger partial charge in [0.15, 0.2) is 0 Å². The molecule has 5 heteroatoms. The topological polar surface area (TPSA) is 49.8 Å². The number of carbonyl (C=O) groups is 1. The highest BCUT2D eigenvalue weighted by atomic mass is 19.1. The zero-order valence-electron chi connectivity index (χ0n) is 20.0. The number of alkyl halides is 1. The Morgan fingerprint density at radius 1 is 1.00 bits per heavy atom. The number of aliphatic hydroxyl groups is 1. The number of ether oxygens (including phenoxy) is 1. The maximum Gasteiger partial charge on any atom is 0.263 e. The smallest absolute Gasteiger partial charge is 0.263 e. The number of aryl methyl sites for hydroxylation is 1. The van der Waals surface area contributed by atoms with E-state index in [9.17, 15) is 14.3 Å². The van der Waals surface area contributed by atoms with Gasteiger partial charge >= 0.3 is 0 Å². The molecule has 5 rings (SSSR count). The van der Waals surface area contributed by atoms with E-state index in [1.165, 1.54) is 0 Å². The molecule has 4 nitrogen and oxygen atoms in total. The van der Waals surface area contributed by atoms with Crippen LogP contribution in [0.25, 0.3) is 10.8 Å². The molecule has 1 fully saturated rings. The zero-order valence-corrected chi connectivity index (χ0v) is 20.0. The summed E-state index contributed by atoms with van der Waals surface area (Å²) in [4.78, 5) is 14.9. The zero-order chi connectivity index (χ0) is 24.0. The number of amides is 1. The highest BCUT2D eigenvalue weighted by Gasteiger charge is 2.48. The Hall–Kier alpha value is -2.76. The average molecular weight is 462 g/mol. The van der Waals surface area contributed by atoms with E-state index >= 15 is 0 Å². The predicted octanol–water partition coefficient (Wildman–Crippen LogP) is 6.21. The molecule has 1 amide bonds. The first-order valence-corrected chi connectivity index (χ1v) is 12.2. The van der Waals surface area contributed by atoms with Gasteiger partial charge in [-0.2, -0.15) is 0 Å². The monoisotopic (exact) mass is 461 g/mol. The lowest BCUT2D eigenvalue weighted by atomic mass is 9.77. The quantitative estimate of drug-likeness (QED) is 0.455. The highest BCUT2D eigenvalue weighted by molar-refractivity contribution is 6.27. The molecule has 3 aromatic carbocycles. The van der Waals surface area contributed by atoms with Gasteiger partial charge in [0.05, 0.1) is 23.5 Å². The predicted molar refractivity (Wildman–Crippen MR) is 133 cm³/mol. The van der Waals surface area contributed by atoms with Gasteiger partial charge in [-0.15, -0.1) is 0 Å². The largest absolute Gasteiger partial charge is 0.396 e. The van der Waals surface area contributed by atoms with Crippen molar-refractivity contribution in [2.24, 2.45) is 11.8 Å². The van der Waals surface area contributed by atoms with E-state index < -0.39 is 5.67 Å². The Labute approximate surface area is 200 Å². The number of halogens is 1. The van der Waals surface area contributed by atoms with Gasteiger partial charge in [-0.25, -0.2) is 4.39 Å². The number of nitrogens with zero attached hydrogens (tertiary/aromatic N) is 1. The Bertz CT molecular complexity index is 1190. The minimum atomic E-state index is -1.35. The Morgan fingerprint density at radius 3 is 2.38 bits per heavy atom. The van der Waals surface area contributed by atoms with Crippen LogP contribution in [0.1, 0.15) is 49.5 Å². The van der Waals surface area contributed by atoms with Crippen molar-refractivity contribution in [3.8, 4) is 0 Å². The third-order valence-electron chi connectivity index (χ3n) is 7.58. The van der Waals surface area contributed by atoms with Crippen molar-refractivity contribution in [1.29, 1.82) is 0 Å². The van der Waals surface area contributed by atoms with Gasteiger partial charge in [-0.3, -0.25) is 9.69 Å². The molecule has 0 spiro atoms. The Morgan fingerprint density at radius 2 is 1.71 bits per heavy atom. The Kier molecular flexibility index (Phi) is 5.95. The minimum absolute atomic E-state index is 0.00235. The maximum absolute atomic E-state index is 14.9. The van der Waals surface area contributed by atoms with Gasteiger partial charge in [0, 0.05) is 23.6 Å². The highest BCUT2D eigenvalue weighted by Crippen LogP contribution is 2.44. The summed E-state index contributed by atoms with van der Waals surface area (Å²) in [6, 6.07) is 20.0. The van der Waals surface area contributed by atoms with Crippen molar-refractivity contribution in [2.75, 3.05) is 11.5 Å². The van der Waals surface area contributed by atoms with Crippen LogP contribution in [0.3, 0.4) is 0 Å². The third-order valence-corrected chi connectivity index (χ3v) is 7.58. The second-order valence-electron chi connectivity index (χ2n) is 10.2. The molecule has 34 heavy (non-hydrogen) atoms. The normalized spacial score (nSPS) is 24.4. The first kappa shape index (κ1) is 23.0. The lowest BCUT2D eigenvalue weighted by Gasteiger charge is -2.30. The van der Waals surface area contributed by atoms with Gasteiger partial charge in [0.2, 0.25) is 0 Å². The molecule has 0 radical (unpaired) electrons. The van der Waals surface area contributed by atoms with E-state index in [2.05, 4.69) is 19.1 Å². The minimum Gasteiger partial charge on any atom is -0.396 e. The molecule has 2 heterocycles. The second-order valence-corrected chi connectivity index (χ2v) is 10.2. The van der Waals surface area contributed by atoms with E-state index in [-0.39, 0.29) is 36.6 Å². The molecule has 178 valence electrons. The average Bonchev–Trinajstić information content (AvgIpc) is 3.28. The fourth-order valence-corrected chi connectivity index (χ4v) is 6.07. The van der Waals surface area contributed by atoms with Crippen LogP contribution in [-0.2, 0) is 11.2 Å². The number of rotatable bonds is 7. The standard InChI is InChI=1S/C29H32FNO3/c1-18-24(34-25(16-17-32)27(18)29(2,3)30)15-12-19-10-13-21(14-11-19)31-23-9-5-7-20-6-4-8-22(26(20)23)28(31)33/h4-11,13-14,18,24-25,27,32H,12,15-17H2,1-3H3/t18-,24+,25-,27+/m1/s1. The molecular weight excluding hydrogens is 429 g/mol. The summed E-state index contributed by atoms with van der Waals surface area (Å²) in [6.45, 7) is 5.29. The SMILES string of the molecule is C[C@H]1[C@H](C(C)(C)F)[C@@H](CCO)O[C@H]1CCc1ccc(N2C(=O)c3cccc4cccc2c34)cc1. The van der Waals surface area contributed by atoms with Crippen LogP contribution in [0.5, 0.6) is 0 Å². The van der Waals surface area contributed by atoms with Crippen LogP contribution in [0.2, 0.25) is 0 Å². The van der Waals surface area contributed by atoms with E-state index in [0.29, 0.717) is 6.42 Å². The van der Waals surface area contributed by atoms with Gasteiger partial charge in [0.25, 0.3) is 5.91 Å². The van der Waals surface area contributed by atoms with E-state index in [1.807, 2.05) is 48.5 Å². The molecule has 0 saturated carbocycles. The molecule has 2 aliphatic rings. The molecule has 0 bridgehead atoms. The van der Waals surface area contributed by atoms with Crippen LogP contribution < -0.4 is 4.90 Å². The van der Waals surface area contributed by atoms with Gasteiger partial charge in [-0.1, -0.05) is 43.3 Å². The van der Waals surface area contributed by atoms with Crippen LogP contribution in [0, 0.1) is 11.8 Å². The summed E-state index contributed by atoms with van der Waals surface area (Å²) in [5, 5.41) is 11.5. The number of hydrogen-bond acceptors (Lipinski definition) is 3. The van der Waals surface area contributed by atoms with E-state index in [4.69, 9.17) is 4.74 Å². The van der Waals surface area contributed by atoms with E-state index in [0.717, 1.165) is 46.1 Å². The van der Waals surface area contributed by atoms with Crippen LogP contribution in [-0.4, -0.2) is 35.5 Å². The van der Waals surface area contributed by atoms with Crippen LogP contribution in [0.15, 0.2) is 60.7 Å². The summed E-state index contributed by atoms with van der Waals surface area (Å²) >= 11 is 0. The number of anilines is 2. The molecule has 1 saturated heterocycles. The second kappa shape index (κ2) is 8.79. The summed E-state index contributed by atoms with van der Waals surface area (Å²) in [6.07, 6.45) is 1.78. The summed E-state index contributed by atoms with van der Waals surface area (Å²) in [5.41, 5.74) is 2.33. The van der Waals surface area contributed by atoms with Gasteiger partial charge in [-0.05, 0) is 74.2 Å². The van der Waals surface area contributed by atoms with Crippen molar-refractivity contribution in [1.82, 2.24) is 0 Å². The number of hydrogen-bond donors (Lipinski definition) is 1. The van der Waals surface area contributed by atoms with Gasteiger partial charge < -0.3 is 9.84 Å². The maximum atomic E-state index is 14.9. The molecule has 1 N–H and O–H groups in total. The number of benzene rings is 3. The lowest BCUT2D eigenvalue weighted by Crippen LogP contribution is -2.37. The molecular formula is C29H32FNO3. The van der Waals surface area contributed by atoms with Crippen LogP contribution >= 0.6 is 0 Å². The first-order valence-electron chi connectivity index (χ1n) is 12.2. The van der Waals surface area contributed by atoms with Gasteiger partial charge in [0.1, 0.15) is 5.67 Å². The fraction of sp³-hybridized carbons (Fsp3) is 0.414. The molecule has 0 unspecified atom stereocenters. The third kappa shape index (κ3) is 3.91. The van der Waals surface area contributed by atoms with Crippen LogP contribution in [0.4, 0.5) is 15.8 Å². The van der Waals surface area contributed by atoms with Crippen molar-refractivity contribution in [3.63, 3.8) is 0 Å². The molecule has 0 aromatic heterocycles. The lowest BCUT2D eigenvalue weighted by molar-refractivity contribution is -0.00839. The number of aliphatic hydroxyl groups excluding tert-OH is 1. The first-order chi connectivity index (χ1) is 16.3. The van der Waals surface area contributed by atoms with Crippen molar-refractivity contribution in [2.45, 2.75) is 57.9 Å². The molecule has 2 aliphatic heterocycles. The summed E-state index contributed by atoms with van der Waals surface area (Å²) in [5.74, 6) is -0.142. The Balaban J connectivity index is 1.30.